The first-order valence-electron chi connectivity index (χ1n) is 8.34. The average Bonchev–Trinajstić information content (AvgIpc) is 3.35. The van der Waals surface area contributed by atoms with Crippen LogP contribution in [0.25, 0.3) is 0 Å². The lowest BCUT2D eigenvalue weighted by atomic mass is 9.78. The van der Waals surface area contributed by atoms with Crippen molar-refractivity contribution in [2.24, 2.45) is 5.92 Å². The van der Waals surface area contributed by atoms with Gasteiger partial charge in [0.2, 0.25) is 5.91 Å². The highest BCUT2D eigenvalue weighted by Crippen LogP contribution is 2.47. The van der Waals surface area contributed by atoms with Crippen LogP contribution in [0.3, 0.4) is 0 Å². The maximum absolute atomic E-state index is 12.5. The Labute approximate surface area is 147 Å². The number of halogens is 1. The Hall–Kier alpha value is -1.84. The van der Waals surface area contributed by atoms with Gasteiger partial charge in [-0.25, -0.2) is 0 Å². The van der Waals surface area contributed by atoms with Gasteiger partial charge in [-0.05, 0) is 35.6 Å². The smallest absolute Gasteiger partial charge is 0.223 e. The van der Waals surface area contributed by atoms with Crippen LogP contribution < -0.4 is 5.32 Å². The molecule has 0 radical (unpaired) electrons. The molecule has 1 heterocycles. The third-order valence-corrected chi connectivity index (χ3v) is 5.38. The summed E-state index contributed by atoms with van der Waals surface area (Å²) in [5.41, 5.74) is 2.25. The van der Waals surface area contributed by atoms with Crippen molar-refractivity contribution in [3.63, 3.8) is 0 Å². The van der Waals surface area contributed by atoms with E-state index in [9.17, 15) is 4.79 Å². The zero-order chi connectivity index (χ0) is 16.6. The Bertz CT molecular complexity index is 742. The number of hydrogen-bond acceptors (Lipinski definition) is 2. The summed E-state index contributed by atoms with van der Waals surface area (Å²) >= 11 is 6.11. The van der Waals surface area contributed by atoms with E-state index in [1.165, 1.54) is 5.56 Å². The molecule has 0 bridgehead atoms. The SMILES string of the molecule is O=C(NCC1(c2cccc(Cl)c2)COC1)[C@H]1C[C@@H]1c1ccccc1. The highest BCUT2D eigenvalue weighted by Gasteiger charge is 2.46. The van der Waals surface area contributed by atoms with E-state index in [0.717, 1.165) is 17.0 Å². The van der Waals surface area contributed by atoms with Gasteiger partial charge in [0.05, 0.1) is 18.6 Å². The molecular formula is C20H20ClNO2. The molecule has 1 N–H and O–H groups in total. The molecule has 1 saturated carbocycles. The van der Waals surface area contributed by atoms with Gasteiger partial charge in [-0.3, -0.25) is 4.79 Å². The van der Waals surface area contributed by atoms with Crippen LogP contribution >= 0.6 is 11.6 Å². The van der Waals surface area contributed by atoms with E-state index in [0.29, 0.717) is 25.7 Å². The molecule has 2 fully saturated rings. The third-order valence-electron chi connectivity index (χ3n) is 5.15. The number of benzene rings is 2. The fraction of sp³-hybridized carbons (Fsp3) is 0.350. The van der Waals surface area contributed by atoms with Gasteiger partial charge in [0, 0.05) is 17.5 Å². The molecule has 1 aliphatic heterocycles. The monoisotopic (exact) mass is 341 g/mol. The average molecular weight is 342 g/mol. The summed E-state index contributed by atoms with van der Waals surface area (Å²) in [6, 6.07) is 18.1. The van der Waals surface area contributed by atoms with Crippen molar-refractivity contribution >= 4 is 17.5 Å². The summed E-state index contributed by atoms with van der Waals surface area (Å²) in [7, 11) is 0. The number of rotatable bonds is 5. The van der Waals surface area contributed by atoms with Gasteiger partial charge >= 0.3 is 0 Å². The fourth-order valence-corrected chi connectivity index (χ4v) is 3.67. The van der Waals surface area contributed by atoms with Gasteiger partial charge in [-0.15, -0.1) is 0 Å². The highest BCUT2D eigenvalue weighted by atomic mass is 35.5. The molecule has 4 heteroatoms. The molecule has 2 aromatic rings. The summed E-state index contributed by atoms with van der Waals surface area (Å²) in [4.78, 5) is 12.5. The molecule has 0 unspecified atom stereocenters. The maximum atomic E-state index is 12.5. The molecule has 2 aliphatic rings. The second-order valence-electron chi connectivity index (χ2n) is 6.86. The molecule has 3 nitrogen and oxygen atoms in total. The van der Waals surface area contributed by atoms with Gasteiger partial charge < -0.3 is 10.1 Å². The van der Waals surface area contributed by atoms with Crippen LogP contribution in [0.4, 0.5) is 0 Å². The van der Waals surface area contributed by atoms with Crippen molar-refractivity contribution in [2.75, 3.05) is 19.8 Å². The Morgan fingerprint density at radius 3 is 2.62 bits per heavy atom. The molecule has 1 aliphatic carbocycles. The predicted octanol–water partition coefficient (Wildman–Crippen LogP) is 3.53. The molecule has 0 spiro atoms. The lowest BCUT2D eigenvalue weighted by Gasteiger charge is -2.42. The summed E-state index contributed by atoms with van der Waals surface area (Å²) in [5.74, 6) is 0.618. The van der Waals surface area contributed by atoms with Gasteiger partial charge in [-0.2, -0.15) is 0 Å². The van der Waals surface area contributed by atoms with Crippen molar-refractivity contribution < 1.29 is 9.53 Å². The Kier molecular flexibility index (Phi) is 4.07. The molecule has 124 valence electrons. The Morgan fingerprint density at radius 1 is 1.17 bits per heavy atom. The quantitative estimate of drug-likeness (QED) is 0.903. The molecular weight excluding hydrogens is 322 g/mol. The first-order chi connectivity index (χ1) is 11.7. The van der Waals surface area contributed by atoms with Gasteiger partial charge in [0.1, 0.15) is 0 Å². The zero-order valence-corrected chi connectivity index (χ0v) is 14.1. The minimum Gasteiger partial charge on any atom is -0.379 e. The minimum absolute atomic E-state index is 0.102. The lowest BCUT2D eigenvalue weighted by molar-refractivity contribution is -0.124. The van der Waals surface area contributed by atoms with Crippen molar-refractivity contribution in [3.8, 4) is 0 Å². The van der Waals surface area contributed by atoms with Gasteiger partial charge in [0.15, 0.2) is 0 Å². The summed E-state index contributed by atoms with van der Waals surface area (Å²) in [6.07, 6.45) is 0.941. The largest absolute Gasteiger partial charge is 0.379 e. The number of carbonyl (C=O) groups excluding carboxylic acids is 1. The number of amides is 1. The maximum Gasteiger partial charge on any atom is 0.223 e. The Balaban J connectivity index is 1.39. The van der Waals surface area contributed by atoms with E-state index < -0.39 is 0 Å². The predicted molar refractivity (Wildman–Crippen MR) is 94.2 cm³/mol. The van der Waals surface area contributed by atoms with Crippen molar-refractivity contribution in [1.29, 1.82) is 0 Å². The summed E-state index contributed by atoms with van der Waals surface area (Å²) in [5, 5.41) is 3.86. The second-order valence-corrected chi connectivity index (χ2v) is 7.30. The van der Waals surface area contributed by atoms with E-state index in [-0.39, 0.29) is 17.2 Å². The molecule has 1 amide bonds. The van der Waals surface area contributed by atoms with E-state index in [2.05, 4.69) is 23.5 Å². The van der Waals surface area contributed by atoms with Gasteiger partial charge in [-0.1, -0.05) is 54.1 Å². The first-order valence-corrected chi connectivity index (χ1v) is 8.72. The number of ether oxygens (including phenoxy) is 1. The van der Waals surface area contributed by atoms with Crippen LogP contribution in [0.5, 0.6) is 0 Å². The molecule has 1 saturated heterocycles. The summed E-state index contributed by atoms with van der Waals surface area (Å²) in [6.45, 7) is 1.85. The van der Waals surface area contributed by atoms with E-state index in [1.54, 1.807) is 0 Å². The van der Waals surface area contributed by atoms with Crippen LogP contribution in [0.1, 0.15) is 23.5 Å². The van der Waals surface area contributed by atoms with Crippen molar-refractivity contribution in [3.05, 3.63) is 70.7 Å². The Morgan fingerprint density at radius 2 is 1.96 bits per heavy atom. The molecule has 4 rings (SSSR count). The topological polar surface area (TPSA) is 38.3 Å². The number of nitrogens with one attached hydrogen (secondary N) is 1. The minimum atomic E-state index is -0.141. The third kappa shape index (κ3) is 2.94. The molecule has 0 aromatic heterocycles. The van der Waals surface area contributed by atoms with Crippen LogP contribution in [-0.2, 0) is 14.9 Å². The number of carbonyl (C=O) groups is 1. The standard InChI is InChI=1S/C20H20ClNO2/c21-16-8-4-7-15(9-16)20(12-24-13-20)11-22-19(23)18-10-17(18)14-5-2-1-3-6-14/h1-9,17-18H,10-13H2,(H,22,23)/t17-,18+/m1/s1. The van der Waals surface area contributed by atoms with Crippen molar-refractivity contribution in [2.45, 2.75) is 17.8 Å². The van der Waals surface area contributed by atoms with Crippen molar-refractivity contribution in [1.82, 2.24) is 5.32 Å². The zero-order valence-electron chi connectivity index (χ0n) is 13.4. The van der Waals surface area contributed by atoms with E-state index in [1.807, 2.05) is 36.4 Å². The fourth-order valence-electron chi connectivity index (χ4n) is 3.48. The van der Waals surface area contributed by atoms with E-state index in [4.69, 9.17) is 16.3 Å². The van der Waals surface area contributed by atoms with Crippen LogP contribution in [-0.4, -0.2) is 25.7 Å². The first kappa shape index (κ1) is 15.7. The van der Waals surface area contributed by atoms with Crippen LogP contribution in [0.2, 0.25) is 5.02 Å². The van der Waals surface area contributed by atoms with Crippen LogP contribution in [0.15, 0.2) is 54.6 Å². The normalized spacial score (nSPS) is 24.0. The molecule has 2 aromatic carbocycles. The van der Waals surface area contributed by atoms with Crippen LogP contribution in [0, 0.1) is 5.92 Å². The van der Waals surface area contributed by atoms with Gasteiger partial charge in [0.25, 0.3) is 0 Å². The lowest BCUT2D eigenvalue weighted by Crippen LogP contribution is -2.54. The number of hydrogen-bond donors (Lipinski definition) is 1. The van der Waals surface area contributed by atoms with E-state index >= 15 is 0 Å². The summed E-state index contributed by atoms with van der Waals surface area (Å²) < 4.78 is 5.44. The molecule has 24 heavy (non-hydrogen) atoms. The highest BCUT2D eigenvalue weighted by molar-refractivity contribution is 6.30. The molecule has 2 atom stereocenters. The second kappa shape index (κ2) is 6.23.